The molecule has 0 saturated heterocycles. The Kier molecular flexibility index (Phi) is 3.46. The zero-order valence-electron chi connectivity index (χ0n) is 11.9. The van der Waals surface area contributed by atoms with Crippen molar-refractivity contribution in [3.05, 3.63) is 57.7 Å². The van der Waals surface area contributed by atoms with Crippen LogP contribution >= 0.6 is 11.6 Å². The quantitative estimate of drug-likeness (QED) is 0.536. The van der Waals surface area contributed by atoms with Gasteiger partial charge in [0.1, 0.15) is 5.15 Å². The van der Waals surface area contributed by atoms with E-state index in [9.17, 15) is 9.59 Å². The van der Waals surface area contributed by atoms with Gasteiger partial charge in [0.25, 0.3) is 0 Å². The molecule has 3 rings (SSSR count). The lowest BCUT2D eigenvalue weighted by Gasteiger charge is -2.03. The molecule has 1 aromatic carbocycles. The van der Waals surface area contributed by atoms with Crippen molar-refractivity contribution in [2.75, 3.05) is 7.11 Å². The highest BCUT2D eigenvalue weighted by Gasteiger charge is 2.15. The summed E-state index contributed by atoms with van der Waals surface area (Å²) in [5, 5.41) is 0.352. The van der Waals surface area contributed by atoms with Gasteiger partial charge < -0.3 is 4.74 Å². The van der Waals surface area contributed by atoms with Crippen LogP contribution in [0.2, 0.25) is 5.15 Å². The molecule has 2 aromatic heterocycles. The smallest absolute Gasteiger partial charge is 0.337 e. The average molecular weight is 318 g/mol. The second kappa shape index (κ2) is 5.31. The number of esters is 1. The van der Waals surface area contributed by atoms with Crippen LogP contribution in [0.5, 0.6) is 0 Å². The first kappa shape index (κ1) is 14.3. The molecule has 0 amide bonds. The second-order valence-electron chi connectivity index (χ2n) is 4.71. The fraction of sp³-hybridized carbons (Fsp3) is 0.133. The van der Waals surface area contributed by atoms with Gasteiger partial charge in [0, 0.05) is 7.05 Å². The number of aryl methyl sites for hydroxylation is 1. The van der Waals surface area contributed by atoms with E-state index in [1.165, 1.54) is 22.4 Å². The first-order valence-corrected chi connectivity index (χ1v) is 6.82. The lowest BCUT2D eigenvalue weighted by molar-refractivity contribution is 0.0601. The number of ether oxygens (including phenoxy) is 1. The Morgan fingerprint density at radius 3 is 2.64 bits per heavy atom. The zero-order chi connectivity index (χ0) is 15.9. The summed E-state index contributed by atoms with van der Waals surface area (Å²) in [5.74, 6) is -0.449. The molecule has 7 heteroatoms. The Hall–Kier alpha value is -2.60. The highest BCUT2D eigenvalue weighted by molar-refractivity contribution is 6.29. The summed E-state index contributed by atoms with van der Waals surface area (Å²) in [5.41, 5.74) is 2.05. The van der Waals surface area contributed by atoms with Crippen LogP contribution in [0.25, 0.3) is 16.7 Å². The largest absolute Gasteiger partial charge is 0.465 e. The van der Waals surface area contributed by atoms with E-state index in [-0.39, 0.29) is 5.69 Å². The lowest BCUT2D eigenvalue weighted by atomic mass is 10.2. The summed E-state index contributed by atoms with van der Waals surface area (Å²) in [6, 6.07) is 8.28. The maximum atomic E-state index is 12.5. The van der Waals surface area contributed by atoms with Crippen molar-refractivity contribution in [3.63, 3.8) is 0 Å². The minimum atomic E-state index is -0.449. The number of imidazole rings is 1. The van der Waals surface area contributed by atoms with Gasteiger partial charge in [-0.2, -0.15) is 0 Å². The number of hydrogen-bond donors (Lipinski definition) is 0. The summed E-state index contributed by atoms with van der Waals surface area (Å²) in [6.45, 7) is 0. The van der Waals surface area contributed by atoms with E-state index >= 15 is 0 Å². The molecule has 0 atom stereocenters. The molecule has 3 aromatic rings. The molecule has 0 saturated carbocycles. The molecule has 6 nitrogen and oxygen atoms in total. The number of rotatable bonds is 2. The van der Waals surface area contributed by atoms with Gasteiger partial charge in [0.05, 0.1) is 35.6 Å². The normalized spacial score (nSPS) is 10.9. The van der Waals surface area contributed by atoms with Gasteiger partial charge >= 0.3 is 11.7 Å². The van der Waals surface area contributed by atoms with Crippen LogP contribution < -0.4 is 5.69 Å². The molecule has 0 unspecified atom stereocenters. The molecular weight excluding hydrogens is 306 g/mol. The van der Waals surface area contributed by atoms with Crippen molar-refractivity contribution in [2.24, 2.45) is 7.05 Å². The van der Waals surface area contributed by atoms with Gasteiger partial charge in [-0.15, -0.1) is 0 Å². The van der Waals surface area contributed by atoms with Crippen molar-refractivity contribution in [1.29, 1.82) is 0 Å². The number of hydrogen-bond acceptors (Lipinski definition) is 4. The van der Waals surface area contributed by atoms with Gasteiger partial charge in [-0.25, -0.2) is 14.6 Å². The topological polar surface area (TPSA) is 66.1 Å². The Morgan fingerprint density at radius 2 is 2.00 bits per heavy atom. The van der Waals surface area contributed by atoms with Crippen LogP contribution in [0, 0.1) is 0 Å². The SMILES string of the molecule is COC(=O)c1ccc2c(c1)n(C)c(=O)n2-c1ccc(Cl)nc1. The minimum absolute atomic E-state index is 0.235. The van der Waals surface area contributed by atoms with Gasteiger partial charge in [-0.3, -0.25) is 9.13 Å². The number of carbonyl (C=O) groups is 1. The zero-order valence-corrected chi connectivity index (χ0v) is 12.7. The van der Waals surface area contributed by atoms with E-state index in [0.717, 1.165) is 0 Å². The second-order valence-corrected chi connectivity index (χ2v) is 5.10. The van der Waals surface area contributed by atoms with Crippen LogP contribution in [-0.2, 0) is 11.8 Å². The highest BCUT2D eigenvalue weighted by Crippen LogP contribution is 2.19. The number of fused-ring (bicyclic) bond motifs is 1. The Balaban J connectivity index is 2.28. The average Bonchev–Trinajstić information content (AvgIpc) is 2.79. The lowest BCUT2D eigenvalue weighted by Crippen LogP contribution is -2.20. The molecule has 2 heterocycles. The van der Waals surface area contributed by atoms with Crippen molar-refractivity contribution >= 4 is 28.6 Å². The molecular formula is C15H12ClN3O3. The molecule has 0 N–H and O–H groups in total. The van der Waals surface area contributed by atoms with E-state index in [0.29, 0.717) is 27.4 Å². The molecule has 0 aliphatic heterocycles. The summed E-state index contributed by atoms with van der Waals surface area (Å²) in [7, 11) is 2.96. The van der Waals surface area contributed by atoms with Crippen LogP contribution in [0.15, 0.2) is 41.3 Å². The first-order chi connectivity index (χ1) is 10.5. The summed E-state index contributed by atoms with van der Waals surface area (Å²) in [6.07, 6.45) is 1.53. The van der Waals surface area contributed by atoms with Crippen LogP contribution in [0.3, 0.4) is 0 Å². The van der Waals surface area contributed by atoms with E-state index in [1.807, 2.05) is 0 Å². The molecule has 0 fully saturated rings. The third-order valence-electron chi connectivity index (χ3n) is 3.45. The van der Waals surface area contributed by atoms with Gasteiger partial charge in [-0.05, 0) is 30.3 Å². The molecule has 0 bridgehead atoms. The summed E-state index contributed by atoms with van der Waals surface area (Å²) >= 11 is 5.78. The molecule has 22 heavy (non-hydrogen) atoms. The first-order valence-electron chi connectivity index (χ1n) is 6.44. The molecule has 0 spiro atoms. The fourth-order valence-corrected chi connectivity index (χ4v) is 2.44. The predicted molar refractivity (Wildman–Crippen MR) is 82.7 cm³/mol. The number of nitrogens with zero attached hydrogens (tertiary/aromatic N) is 3. The fourth-order valence-electron chi connectivity index (χ4n) is 2.33. The van der Waals surface area contributed by atoms with Crippen molar-refractivity contribution in [1.82, 2.24) is 14.1 Å². The van der Waals surface area contributed by atoms with Gasteiger partial charge in [-0.1, -0.05) is 11.6 Å². The molecule has 0 aliphatic carbocycles. The van der Waals surface area contributed by atoms with E-state index in [1.54, 1.807) is 37.4 Å². The van der Waals surface area contributed by atoms with Crippen LogP contribution in [0.1, 0.15) is 10.4 Å². The van der Waals surface area contributed by atoms with E-state index in [2.05, 4.69) is 4.98 Å². The maximum absolute atomic E-state index is 12.5. The minimum Gasteiger partial charge on any atom is -0.465 e. The van der Waals surface area contributed by atoms with Gasteiger partial charge in [0.15, 0.2) is 0 Å². The third-order valence-corrected chi connectivity index (χ3v) is 3.67. The van der Waals surface area contributed by atoms with Crippen LogP contribution in [-0.4, -0.2) is 27.2 Å². The van der Waals surface area contributed by atoms with E-state index in [4.69, 9.17) is 16.3 Å². The number of methoxy groups -OCH3 is 1. The van der Waals surface area contributed by atoms with Crippen molar-refractivity contribution in [2.45, 2.75) is 0 Å². The van der Waals surface area contributed by atoms with Crippen molar-refractivity contribution < 1.29 is 9.53 Å². The Bertz CT molecular complexity index is 926. The summed E-state index contributed by atoms with van der Waals surface area (Å²) < 4.78 is 7.68. The highest BCUT2D eigenvalue weighted by atomic mass is 35.5. The molecule has 0 aliphatic rings. The monoisotopic (exact) mass is 317 g/mol. The Labute approximate surface area is 130 Å². The van der Waals surface area contributed by atoms with Crippen LogP contribution in [0.4, 0.5) is 0 Å². The Morgan fingerprint density at radius 1 is 1.23 bits per heavy atom. The number of pyridine rings is 1. The van der Waals surface area contributed by atoms with Crippen molar-refractivity contribution in [3.8, 4) is 5.69 Å². The number of carbonyl (C=O) groups excluding carboxylic acids is 1. The third kappa shape index (κ3) is 2.17. The standard InChI is InChI=1S/C15H12ClN3O3/c1-18-12-7-9(14(20)22-2)3-5-11(12)19(15(18)21)10-4-6-13(16)17-8-10/h3-8H,1-2H3. The predicted octanol–water partition coefficient (Wildman–Crippen LogP) is 2.16. The van der Waals surface area contributed by atoms with Gasteiger partial charge in [0.2, 0.25) is 0 Å². The molecule has 112 valence electrons. The molecule has 0 radical (unpaired) electrons. The van der Waals surface area contributed by atoms with E-state index < -0.39 is 5.97 Å². The number of benzene rings is 1. The number of halogens is 1. The number of aromatic nitrogens is 3. The summed E-state index contributed by atoms with van der Waals surface area (Å²) in [4.78, 5) is 28.1. The maximum Gasteiger partial charge on any atom is 0.337 e.